The number of furan rings is 1. The Morgan fingerprint density at radius 2 is 2.00 bits per heavy atom. The van der Waals surface area contributed by atoms with Crippen LogP contribution in [-0.4, -0.2) is 8.42 Å². The van der Waals surface area contributed by atoms with E-state index in [-0.39, 0.29) is 4.90 Å². The molecule has 0 saturated heterocycles. The Morgan fingerprint density at radius 1 is 1.30 bits per heavy atom. The van der Waals surface area contributed by atoms with Crippen LogP contribution in [-0.2, 0) is 10.0 Å². The van der Waals surface area contributed by atoms with Gasteiger partial charge in [-0.1, -0.05) is 24.3 Å². The van der Waals surface area contributed by atoms with E-state index in [1.165, 1.54) is 12.3 Å². The van der Waals surface area contributed by atoms with Crippen molar-refractivity contribution in [2.45, 2.75) is 17.9 Å². The zero-order valence-corrected chi connectivity index (χ0v) is 11.9. The first-order valence-corrected chi connectivity index (χ1v) is 7.49. The van der Waals surface area contributed by atoms with Gasteiger partial charge in [0.25, 0.3) is 0 Å². The minimum atomic E-state index is -3.63. The van der Waals surface area contributed by atoms with Crippen LogP contribution in [0.1, 0.15) is 17.4 Å². The average molecular weight is 289 g/mol. The molecule has 2 rings (SSSR count). The molecule has 0 fully saturated rings. The molecule has 0 amide bonds. The van der Waals surface area contributed by atoms with Crippen molar-refractivity contribution in [3.05, 3.63) is 72.4 Å². The Labute approximate surface area is 118 Å². The molecule has 1 atom stereocenters. The van der Waals surface area contributed by atoms with Crippen LogP contribution >= 0.6 is 0 Å². The van der Waals surface area contributed by atoms with Gasteiger partial charge >= 0.3 is 0 Å². The molecular weight excluding hydrogens is 274 g/mol. The zero-order valence-electron chi connectivity index (χ0n) is 11.0. The minimum absolute atomic E-state index is 0.206. The number of aryl methyl sites for hydroxylation is 1. The monoisotopic (exact) mass is 289 g/mol. The lowest BCUT2D eigenvalue weighted by molar-refractivity contribution is 0.476. The van der Waals surface area contributed by atoms with Crippen molar-refractivity contribution in [3.63, 3.8) is 0 Å². The SMILES string of the molecule is C=C=CC(NS(=O)(=O)c1ccc(C)cc1)c1ccco1. The summed E-state index contributed by atoms with van der Waals surface area (Å²) in [5.41, 5.74) is 3.57. The van der Waals surface area contributed by atoms with Gasteiger partial charge in [0.15, 0.2) is 0 Å². The van der Waals surface area contributed by atoms with Crippen LogP contribution in [0.25, 0.3) is 0 Å². The molecule has 1 unspecified atom stereocenters. The molecule has 0 spiro atoms. The molecule has 0 saturated carbocycles. The van der Waals surface area contributed by atoms with Gasteiger partial charge in [-0.15, -0.1) is 5.73 Å². The van der Waals surface area contributed by atoms with E-state index in [1.54, 1.807) is 36.4 Å². The van der Waals surface area contributed by atoms with Crippen molar-refractivity contribution in [2.75, 3.05) is 0 Å². The maximum Gasteiger partial charge on any atom is 0.241 e. The number of benzene rings is 1. The fourth-order valence-electron chi connectivity index (χ4n) is 1.71. The van der Waals surface area contributed by atoms with Crippen LogP contribution in [0.5, 0.6) is 0 Å². The smallest absolute Gasteiger partial charge is 0.241 e. The van der Waals surface area contributed by atoms with Crippen molar-refractivity contribution in [1.82, 2.24) is 4.72 Å². The van der Waals surface area contributed by atoms with Gasteiger partial charge in [0.1, 0.15) is 11.8 Å². The van der Waals surface area contributed by atoms with Crippen LogP contribution in [0, 0.1) is 6.92 Å². The molecule has 20 heavy (non-hydrogen) atoms. The average Bonchev–Trinajstić information content (AvgIpc) is 2.92. The van der Waals surface area contributed by atoms with Gasteiger partial charge in [-0.2, -0.15) is 4.72 Å². The fraction of sp³-hybridized carbons (Fsp3) is 0.133. The topological polar surface area (TPSA) is 59.3 Å². The van der Waals surface area contributed by atoms with Gasteiger partial charge in [-0.3, -0.25) is 0 Å². The van der Waals surface area contributed by atoms with E-state index >= 15 is 0 Å². The van der Waals surface area contributed by atoms with Crippen LogP contribution in [0.4, 0.5) is 0 Å². The normalized spacial score (nSPS) is 12.7. The summed E-state index contributed by atoms with van der Waals surface area (Å²) in [6.45, 7) is 5.37. The molecule has 1 aromatic heterocycles. The number of hydrogen-bond acceptors (Lipinski definition) is 3. The summed E-state index contributed by atoms with van der Waals surface area (Å²) in [5, 5.41) is 0. The van der Waals surface area contributed by atoms with Crippen molar-refractivity contribution >= 4 is 10.0 Å². The fourth-order valence-corrected chi connectivity index (χ4v) is 2.86. The van der Waals surface area contributed by atoms with Gasteiger partial charge in [0.2, 0.25) is 10.0 Å². The summed E-state index contributed by atoms with van der Waals surface area (Å²) in [4.78, 5) is 0.206. The molecule has 1 aromatic carbocycles. The summed E-state index contributed by atoms with van der Waals surface area (Å²) in [6, 6.07) is 9.38. The molecule has 0 radical (unpaired) electrons. The first-order chi connectivity index (χ1) is 9.53. The minimum Gasteiger partial charge on any atom is -0.467 e. The molecule has 0 aliphatic heterocycles. The second kappa shape index (κ2) is 5.92. The molecule has 104 valence electrons. The molecule has 0 aliphatic carbocycles. The summed E-state index contributed by atoms with van der Waals surface area (Å²) < 4.78 is 32.4. The third-order valence-electron chi connectivity index (χ3n) is 2.75. The molecule has 1 heterocycles. The van der Waals surface area contributed by atoms with Crippen molar-refractivity contribution in [1.29, 1.82) is 0 Å². The Bertz CT molecular complexity index is 709. The first-order valence-electron chi connectivity index (χ1n) is 6.01. The second-order valence-electron chi connectivity index (χ2n) is 4.30. The molecule has 4 nitrogen and oxygen atoms in total. The summed E-state index contributed by atoms with van der Waals surface area (Å²) in [7, 11) is -3.63. The van der Waals surface area contributed by atoms with Gasteiger partial charge < -0.3 is 4.42 Å². The van der Waals surface area contributed by atoms with Crippen LogP contribution in [0.15, 0.2) is 70.4 Å². The number of rotatable bonds is 5. The van der Waals surface area contributed by atoms with Crippen LogP contribution in [0.2, 0.25) is 0 Å². The Balaban J connectivity index is 2.30. The third kappa shape index (κ3) is 3.27. The molecule has 2 aromatic rings. The summed E-state index contributed by atoms with van der Waals surface area (Å²) >= 11 is 0. The number of nitrogens with one attached hydrogen (secondary N) is 1. The third-order valence-corrected chi connectivity index (χ3v) is 4.20. The van der Waals surface area contributed by atoms with Gasteiger partial charge in [0, 0.05) is 0 Å². The Kier molecular flexibility index (Phi) is 4.25. The predicted molar refractivity (Wildman–Crippen MR) is 76.7 cm³/mol. The van der Waals surface area contributed by atoms with Gasteiger partial charge in [0.05, 0.1) is 11.2 Å². The van der Waals surface area contributed by atoms with E-state index in [4.69, 9.17) is 4.42 Å². The number of sulfonamides is 1. The van der Waals surface area contributed by atoms with E-state index < -0.39 is 16.1 Å². The second-order valence-corrected chi connectivity index (χ2v) is 6.01. The standard InChI is InChI=1S/C15H15NO3S/c1-3-5-14(15-6-4-11-19-15)16-20(17,18)13-9-7-12(2)8-10-13/h4-11,14,16H,1H2,2H3. The summed E-state index contributed by atoms with van der Waals surface area (Å²) in [5.74, 6) is 0.483. The lowest BCUT2D eigenvalue weighted by Gasteiger charge is -2.12. The van der Waals surface area contributed by atoms with Crippen LogP contribution in [0.3, 0.4) is 0 Å². The summed E-state index contributed by atoms with van der Waals surface area (Å²) in [6.07, 6.45) is 2.99. The van der Waals surface area contributed by atoms with Crippen molar-refractivity contribution in [3.8, 4) is 0 Å². The first kappa shape index (κ1) is 14.3. The molecular formula is C15H15NO3S. The maximum absolute atomic E-state index is 12.3. The zero-order chi connectivity index (χ0) is 14.6. The van der Waals surface area contributed by atoms with E-state index in [2.05, 4.69) is 17.0 Å². The van der Waals surface area contributed by atoms with Crippen molar-refractivity contribution < 1.29 is 12.8 Å². The lowest BCUT2D eigenvalue weighted by atomic mass is 10.2. The maximum atomic E-state index is 12.3. The number of hydrogen-bond donors (Lipinski definition) is 1. The highest BCUT2D eigenvalue weighted by atomic mass is 32.2. The largest absolute Gasteiger partial charge is 0.467 e. The quantitative estimate of drug-likeness (QED) is 0.861. The van der Waals surface area contributed by atoms with Crippen LogP contribution < -0.4 is 4.72 Å². The van der Waals surface area contributed by atoms with Crippen molar-refractivity contribution in [2.24, 2.45) is 0 Å². The van der Waals surface area contributed by atoms with Gasteiger partial charge in [-0.25, -0.2) is 8.42 Å². The predicted octanol–water partition coefficient (Wildman–Crippen LogP) is 2.95. The molecule has 0 aliphatic rings. The van der Waals surface area contributed by atoms with E-state index in [9.17, 15) is 8.42 Å². The highest BCUT2D eigenvalue weighted by Gasteiger charge is 2.21. The molecule has 0 bridgehead atoms. The highest BCUT2D eigenvalue weighted by Crippen LogP contribution is 2.19. The van der Waals surface area contributed by atoms with E-state index in [0.717, 1.165) is 5.56 Å². The van der Waals surface area contributed by atoms with E-state index in [1.807, 2.05) is 6.92 Å². The Morgan fingerprint density at radius 3 is 2.55 bits per heavy atom. The molecule has 5 heteroatoms. The molecule has 1 N–H and O–H groups in total. The van der Waals surface area contributed by atoms with Gasteiger partial charge in [-0.05, 0) is 37.3 Å². The lowest BCUT2D eigenvalue weighted by Crippen LogP contribution is -2.27. The highest BCUT2D eigenvalue weighted by molar-refractivity contribution is 7.89. The van der Waals surface area contributed by atoms with E-state index in [0.29, 0.717) is 5.76 Å². The Hall–Kier alpha value is -2.07.